The molecule has 0 atom stereocenters. The lowest BCUT2D eigenvalue weighted by Gasteiger charge is -2.06. The highest BCUT2D eigenvalue weighted by atomic mass is 35.5. The maximum Gasteiger partial charge on any atom is 0.349 e. The smallest absolute Gasteiger partial charge is 0.349 e. The van der Waals surface area contributed by atoms with Crippen molar-refractivity contribution in [2.75, 3.05) is 5.32 Å². The number of thiazole rings is 1. The summed E-state index contributed by atoms with van der Waals surface area (Å²) < 4.78 is 0. The highest BCUT2D eigenvalue weighted by molar-refractivity contribution is 7.17. The van der Waals surface area contributed by atoms with Crippen molar-refractivity contribution in [2.24, 2.45) is 0 Å². The topological polar surface area (TPSA) is 75.1 Å². The number of hydrogen-bond acceptors (Lipinski definition) is 5. The van der Waals surface area contributed by atoms with E-state index in [1.54, 1.807) is 24.5 Å². The lowest BCUT2D eigenvalue weighted by Crippen LogP contribution is -2.05. The number of carboxylic acids is 1. The van der Waals surface area contributed by atoms with E-state index in [0.29, 0.717) is 22.4 Å². The molecule has 2 N–H and O–H groups in total. The Bertz CT molecular complexity index is 836. The van der Waals surface area contributed by atoms with Crippen LogP contribution >= 0.6 is 22.9 Å². The first-order valence-corrected chi connectivity index (χ1v) is 7.96. The molecule has 3 rings (SSSR count). The Morgan fingerprint density at radius 1 is 1.26 bits per heavy atom. The molecule has 7 heteroatoms. The first kappa shape index (κ1) is 15.5. The molecule has 0 aliphatic rings. The van der Waals surface area contributed by atoms with Crippen molar-refractivity contribution < 1.29 is 9.90 Å². The number of hydrogen-bond donors (Lipinski definition) is 2. The van der Waals surface area contributed by atoms with Crippen LogP contribution in [0.15, 0.2) is 48.8 Å². The number of aromatic nitrogens is 2. The fourth-order valence-electron chi connectivity index (χ4n) is 2.02. The van der Waals surface area contributed by atoms with E-state index in [-0.39, 0.29) is 4.88 Å². The predicted molar refractivity (Wildman–Crippen MR) is 91.1 cm³/mol. The van der Waals surface area contributed by atoms with Gasteiger partial charge in [-0.2, -0.15) is 0 Å². The van der Waals surface area contributed by atoms with E-state index < -0.39 is 5.97 Å². The lowest BCUT2D eigenvalue weighted by molar-refractivity contribution is 0.0703. The zero-order valence-electron chi connectivity index (χ0n) is 11.9. The summed E-state index contributed by atoms with van der Waals surface area (Å²) >= 11 is 7.23. The number of anilines is 1. The molecular weight excluding hydrogens is 334 g/mol. The third-order valence-electron chi connectivity index (χ3n) is 3.13. The van der Waals surface area contributed by atoms with Gasteiger partial charge in [-0.3, -0.25) is 4.98 Å². The molecule has 0 amide bonds. The molecule has 1 aromatic carbocycles. The SMILES string of the molecule is O=C(O)c1sc(-c2cccnc2)nc1NCc1ccccc1Cl. The number of nitrogens with one attached hydrogen (secondary N) is 1. The van der Waals surface area contributed by atoms with Crippen molar-refractivity contribution in [3.05, 3.63) is 64.3 Å². The van der Waals surface area contributed by atoms with Crippen LogP contribution in [-0.2, 0) is 6.54 Å². The molecule has 0 spiro atoms. The number of benzene rings is 1. The summed E-state index contributed by atoms with van der Waals surface area (Å²) in [4.78, 5) is 20.0. The van der Waals surface area contributed by atoms with Crippen LogP contribution in [0.1, 0.15) is 15.2 Å². The Hall–Kier alpha value is -2.44. The van der Waals surface area contributed by atoms with Crippen molar-refractivity contribution in [3.63, 3.8) is 0 Å². The standard InChI is InChI=1S/C16H12ClN3O2S/c17-12-6-2-1-4-10(12)9-19-14-13(16(21)22)23-15(20-14)11-5-3-7-18-8-11/h1-8,19H,9H2,(H,21,22). The maximum atomic E-state index is 11.4. The van der Waals surface area contributed by atoms with Gasteiger partial charge in [-0.05, 0) is 23.8 Å². The zero-order chi connectivity index (χ0) is 16.2. The number of rotatable bonds is 5. The Balaban J connectivity index is 1.88. The minimum atomic E-state index is -1.01. The molecule has 3 aromatic rings. The van der Waals surface area contributed by atoms with Gasteiger partial charge in [0.05, 0.1) is 0 Å². The van der Waals surface area contributed by atoms with Gasteiger partial charge in [0.1, 0.15) is 5.01 Å². The van der Waals surface area contributed by atoms with Crippen molar-refractivity contribution in [1.29, 1.82) is 0 Å². The fourth-order valence-corrected chi connectivity index (χ4v) is 3.09. The zero-order valence-corrected chi connectivity index (χ0v) is 13.4. The predicted octanol–water partition coefficient (Wildman–Crippen LogP) is 4.17. The van der Waals surface area contributed by atoms with E-state index in [4.69, 9.17) is 11.6 Å². The van der Waals surface area contributed by atoms with Crippen LogP contribution in [0.25, 0.3) is 10.6 Å². The minimum Gasteiger partial charge on any atom is -0.477 e. The van der Waals surface area contributed by atoms with Gasteiger partial charge in [0.2, 0.25) is 0 Å². The second-order valence-corrected chi connectivity index (χ2v) is 6.09. The lowest BCUT2D eigenvalue weighted by atomic mass is 10.2. The van der Waals surface area contributed by atoms with Crippen LogP contribution in [0.3, 0.4) is 0 Å². The number of carboxylic acid groups (broad SMARTS) is 1. The molecule has 0 aliphatic carbocycles. The van der Waals surface area contributed by atoms with Gasteiger partial charge in [-0.15, -0.1) is 11.3 Å². The van der Waals surface area contributed by atoms with Crippen molar-refractivity contribution in [2.45, 2.75) is 6.54 Å². The van der Waals surface area contributed by atoms with Gasteiger partial charge in [-0.25, -0.2) is 9.78 Å². The Labute approximate surface area is 141 Å². The number of pyridine rings is 1. The average molecular weight is 346 g/mol. The minimum absolute atomic E-state index is 0.163. The van der Waals surface area contributed by atoms with Crippen LogP contribution < -0.4 is 5.32 Å². The van der Waals surface area contributed by atoms with E-state index in [1.165, 1.54) is 0 Å². The molecule has 2 aromatic heterocycles. The molecule has 116 valence electrons. The van der Waals surface area contributed by atoms with Crippen molar-refractivity contribution >= 4 is 34.7 Å². The monoisotopic (exact) mass is 345 g/mol. The first-order valence-electron chi connectivity index (χ1n) is 6.77. The molecule has 0 radical (unpaired) electrons. The molecule has 0 aliphatic heterocycles. The summed E-state index contributed by atoms with van der Waals surface area (Å²) in [5.74, 6) is -0.680. The van der Waals surface area contributed by atoms with Crippen LogP contribution in [0.2, 0.25) is 5.02 Å². The van der Waals surface area contributed by atoms with Crippen LogP contribution in [0.5, 0.6) is 0 Å². The highest BCUT2D eigenvalue weighted by Gasteiger charge is 2.18. The van der Waals surface area contributed by atoms with E-state index in [0.717, 1.165) is 22.5 Å². The van der Waals surface area contributed by atoms with Crippen LogP contribution in [0.4, 0.5) is 5.82 Å². The quantitative estimate of drug-likeness (QED) is 0.726. The average Bonchev–Trinajstić information content (AvgIpc) is 2.99. The maximum absolute atomic E-state index is 11.4. The first-order chi connectivity index (χ1) is 11.1. The van der Waals surface area contributed by atoms with Gasteiger partial charge >= 0.3 is 5.97 Å². The van der Waals surface area contributed by atoms with Crippen LogP contribution in [0, 0.1) is 0 Å². The van der Waals surface area contributed by atoms with Gasteiger partial charge in [0.25, 0.3) is 0 Å². The fraction of sp³-hybridized carbons (Fsp3) is 0.0625. The van der Waals surface area contributed by atoms with E-state index in [2.05, 4.69) is 15.3 Å². The highest BCUT2D eigenvalue weighted by Crippen LogP contribution is 2.31. The molecule has 2 heterocycles. The largest absolute Gasteiger partial charge is 0.477 e. The molecule has 0 fully saturated rings. The van der Waals surface area contributed by atoms with E-state index >= 15 is 0 Å². The molecule has 23 heavy (non-hydrogen) atoms. The summed E-state index contributed by atoms with van der Waals surface area (Å²) in [6, 6.07) is 11.0. The third-order valence-corrected chi connectivity index (χ3v) is 4.60. The summed E-state index contributed by atoms with van der Waals surface area (Å²) in [5, 5.41) is 13.7. The van der Waals surface area contributed by atoms with Gasteiger partial charge < -0.3 is 10.4 Å². The molecular formula is C16H12ClN3O2S. The van der Waals surface area contributed by atoms with E-state index in [9.17, 15) is 9.90 Å². The Morgan fingerprint density at radius 2 is 2.09 bits per heavy atom. The number of aromatic carboxylic acids is 1. The summed E-state index contributed by atoms with van der Waals surface area (Å²) in [5.41, 5.74) is 1.66. The third kappa shape index (κ3) is 3.49. The van der Waals surface area contributed by atoms with E-state index in [1.807, 2.05) is 24.3 Å². The van der Waals surface area contributed by atoms with Gasteiger partial charge in [0, 0.05) is 29.5 Å². The number of halogens is 1. The summed E-state index contributed by atoms with van der Waals surface area (Å²) in [6.07, 6.45) is 3.31. The second-order valence-electron chi connectivity index (χ2n) is 4.69. The number of nitrogens with zero attached hydrogens (tertiary/aromatic N) is 2. The van der Waals surface area contributed by atoms with Gasteiger partial charge in [0.15, 0.2) is 10.7 Å². The van der Waals surface area contributed by atoms with Crippen molar-refractivity contribution in [1.82, 2.24) is 9.97 Å². The second kappa shape index (κ2) is 6.76. The van der Waals surface area contributed by atoms with Crippen molar-refractivity contribution in [3.8, 4) is 10.6 Å². The Morgan fingerprint density at radius 3 is 2.78 bits per heavy atom. The summed E-state index contributed by atoms with van der Waals surface area (Å²) in [7, 11) is 0. The normalized spacial score (nSPS) is 10.5. The molecule has 0 bridgehead atoms. The van der Waals surface area contributed by atoms with Crippen LogP contribution in [-0.4, -0.2) is 21.0 Å². The number of carbonyl (C=O) groups is 1. The molecule has 0 saturated carbocycles. The summed E-state index contributed by atoms with van der Waals surface area (Å²) in [6.45, 7) is 0.399. The molecule has 0 saturated heterocycles. The van der Waals surface area contributed by atoms with Gasteiger partial charge in [-0.1, -0.05) is 29.8 Å². The molecule has 5 nitrogen and oxygen atoms in total. The Kier molecular flexibility index (Phi) is 4.55. The molecule has 0 unspecified atom stereocenters.